The number of nitro benzene ring substituents is 1. The van der Waals surface area contributed by atoms with Gasteiger partial charge in [0.05, 0.1) is 4.92 Å². The summed E-state index contributed by atoms with van der Waals surface area (Å²) in [6, 6.07) is 10.3. The van der Waals surface area contributed by atoms with Gasteiger partial charge in [-0.1, -0.05) is 22.0 Å². The predicted octanol–water partition coefficient (Wildman–Crippen LogP) is 4.63. The zero-order valence-corrected chi connectivity index (χ0v) is 14.3. The van der Waals surface area contributed by atoms with Crippen LogP contribution in [0.2, 0.25) is 0 Å². The van der Waals surface area contributed by atoms with E-state index in [0.717, 1.165) is 10.0 Å². The number of halogens is 2. The molecule has 0 radical (unpaired) electrons. The van der Waals surface area contributed by atoms with Crippen LogP contribution in [0.3, 0.4) is 0 Å². The number of nitro groups is 1. The van der Waals surface area contributed by atoms with Crippen LogP contribution in [-0.4, -0.2) is 12.0 Å². The fraction of sp³-hybridized carbons (Fsp3) is 0.143. The minimum atomic E-state index is -0.451. The number of benzene rings is 2. The molecule has 0 aliphatic carbocycles. The molecule has 0 saturated carbocycles. The molecule has 0 aliphatic rings. The van der Waals surface area contributed by atoms with E-state index in [1.165, 1.54) is 6.07 Å². The van der Waals surface area contributed by atoms with Crippen LogP contribution >= 0.6 is 31.9 Å². The van der Waals surface area contributed by atoms with Gasteiger partial charge in [0.1, 0.15) is 16.0 Å². The summed E-state index contributed by atoms with van der Waals surface area (Å²) < 4.78 is 7.10. The topological polar surface area (TPSA) is 64.4 Å². The average molecular weight is 416 g/mol. The predicted molar refractivity (Wildman–Crippen MR) is 87.8 cm³/mol. The first-order valence-corrected chi connectivity index (χ1v) is 7.65. The lowest BCUT2D eigenvalue weighted by molar-refractivity contribution is -0.385. The normalized spacial score (nSPS) is 10.4. The maximum absolute atomic E-state index is 10.9. The van der Waals surface area contributed by atoms with Crippen molar-refractivity contribution in [3.63, 3.8) is 0 Å². The lowest BCUT2D eigenvalue weighted by Gasteiger charge is -2.12. The highest BCUT2D eigenvalue weighted by molar-refractivity contribution is 9.11. The molecule has 2 aromatic carbocycles. The Bertz CT molecular complexity index is 677. The molecular weight excluding hydrogens is 404 g/mol. The van der Waals surface area contributed by atoms with E-state index in [0.29, 0.717) is 22.5 Å². The summed E-state index contributed by atoms with van der Waals surface area (Å²) in [7, 11) is 1.84. The SMILES string of the molecule is CNCc1cc(Br)ccc1Oc1cccc([N+](=O)[O-])c1Br. The van der Waals surface area contributed by atoms with Crippen molar-refractivity contribution in [1.29, 1.82) is 0 Å². The Hall–Kier alpha value is -1.44. The van der Waals surface area contributed by atoms with Gasteiger partial charge in [-0.2, -0.15) is 0 Å². The third-order valence-electron chi connectivity index (χ3n) is 2.75. The molecule has 2 aromatic rings. The quantitative estimate of drug-likeness (QED) is 0.571. The summed E-state index contributed by atoms with van der Waals surface area (Å²) >= 11 is 6.64. The molecule has 0 spiro atoms. The van der Waals surface area contributed by atoms with Crippen LogP contribution in [0.15, 0.2) is 45.3 Å². The van der Waals surface area contributed by atoms with Crippen molar-refractivity contribution < 1.29 is 9.66 Å². The van der Waals surface area contributed by atoms with Crippen LogP contribution in [0.25, 0.3) is 0 Å². The highest BCUT2D eigenvalue weighted by atomic mass is 79.9. The fourth-order valence-corrected chi connectivity index (χ4v) is 2.71. The zero-order chi connectivity index (χ0) is 15.4. The molecule has 0 fully saturated rings. The second-order valence-corrected chi connectivity index (χ2v) is 5.94. The molecule has 1 N–H and O–H groups in total. The van der Waals surface area contributed by atoms with Crippen molar-refractivity contribution in [3.05, 3.63) is 61.0 Å². The van der Waals surface area contributed by atoms with Crippen LogP contribution in [0, 0.1) is 10.1 Å². The van der Waals surface area contributed by atoms with Crippen LogP contribution in [0.4, 0.5) is 5.69 Å². The lowest BCUT2D eigenvalue weighted by atomic mass is 10.2. The first-order valence-electron chi connectivity index (χ1n) is 6.06. The standard InChI is InChI=1S/C14H12Br2N2O3/c1-17-8-9-7-10(15)5-6-12(9)21-13-4-2-3-11(14(13)16)18(19)20/h2-7,17H,8H2,1H3. The fourth-order valence-electron chi connectivity index (χ4n) is 1.81. The van der Waals surface area contributed by atoms with Crippen LogP contribution in [0.5, 0.6) is 11.5 Å². The molecule has 0 bridgehead atoms. The Balaban J connectivity index is 2.39. The van der Waals surface area contributed by atoms with Gasteiger partial charge in [0.25, 0.3) is 5.69 Å². The Labute approximate surface area is 138 Å². The summed E-state index contributed by atoms with van der Waals surface area (Å²) in [5, 5.41) is 14.0. The molecule has 0 amide bonds. The molecule has 2 rings (SSSR count). The summed E-state index contributed by atoms with van der Waals surface area (Å²) in [4.78, 5) is 10.5. The van der Waals surface area contributed by atoms with Crippen molar-refractivity contribution >= 4 is 37.5 Å². The van der Waals surface area contributed by atoms with E-state index in [1.54, 1.807) is 12.1 Å². The van der Waals surface area contributed by atoms with Gasteiger partial charge in [0.15, 0.2) is 0 Å². The molecule has 0 atom stereocenters. The summed E-state index contributed by atoms with van der Waals surface area (Å²) in [6.07, 6.45) is 0. The largest absolute Gasteiger partial charge is 0.456 e. The third kappa shape index (κ3) is 3.81. The highest BCUT2D eigenvalue weighted by Crippen LogP contribution is 2.37. The summed E-state index contributed by atoms with van der Waals surface area (Å²) in [5.41, 5.74) is 0.921. The van der Waals surface area contributed by atoms with E-state index in [-0.39, 0.29) is 5.69 Å². The Morgan fingerprint density at radius 2 is 2.00 bits per heavy atom. The van der Waals surface area contributed by atoms with E-state index in [4.69, 9.17) is 4.74 Å². The van der Waals surface area contributed by atoms with E-state index in [1.807, 2.05) is 25.2 Å². The van der Waals surface area contributed by atoms with Gasteiger partial charge >= 0.3 is 0 Å². The maximum atomic E-state index is 10.9. The molecular formula is C14H12Br2N2O3. The van der Waals surface area contributed by atoms with E-state index < -0.39 is 4.92 Å². The molecule has 0 heterocycles. The number of nitrogens with one attached hydrogen (secondary N) is 1. The molecule has 21 heavy (non-hydrogen) atoms. The molecule has 0 aliphatic heterocycles. The highest BCUT2D eigenvalue weighted by Gasteiger charge is 2.17. The van der Waals surface area contributed by atoms with Crippen molar-refractivity contribution in [2.75, 3.05) is 7.05 Å². The van der Waals surface area contributed by atoms with Gasteiger partial charge in [-0.05, 0) is 47.2 Å². The van der Waals surface area contributed by atoms with Crippen LogP contribution in [-0.2, 0) is 6.54 Å². The number of hydrogen-bond acceptors (Lipinski definition) is 4. The summed E-state index contributed by atoms with van der Waals surface area (Å²) in [6.45, 7) is 0.626. The third-order valence-corrected chi connectivity index (χ3v) is 4.04. The van der Waals surface area contributed by atoms with Crippen LogP contribution in [0.1, 0.15) is 5.56 Å². The first-order chi connectivity index (χ1) is 10.0. The van der Waals surface area contributed by atoms with E-state index in [2.05, 4.69) is 37.2 Å². The van der Waals surface area contributed by atoms with Gasteiger partial charge in [-0.3, -0.25) is 10.1 Å². The Morgan fingerprint density at radius 3 is 2.67 bits per heavy atom. The van der Waals surface area contributed by atoms with E-state index >= 15 is 0 Å². The molecule has 0 saturated heterocycles. The monoisotopic (exact) mass is 414 g/mol. The molecule has 5 nitrogen and oxygen atoms in total. The van der Waals surface area contributed by atoms with E-state index in [9.17, 15) is 10.1 Å². The molecule has 110 valence electrons. The molecule has 7 heteroatoms. The molecule has 0 aromatic heterocycles. The maximum Gasteiger partial charge on any atom is 0.287 e. The first kappa shape index (κ1) is 15.9. The minimum absolute atomic E-state index is 0.0280. The number of nitrogens with zero attached hydrogens (tertiary/aromatic N) is 1. The Morgan fingerprint density at radius 1 is 1.24 bits per heavy atom. The Kier molecular flexibility index (Phi) is 5.33. The zero-order valence-electron chi connectivity index (χ0n) is 11.1. The number of hydrogen-bond donors (Lipinski definition) is 1. The van der Waals surface area contributed by atoms with Crippen molar-refractivity contribution in [1.82, 2.24) is 5.32 Å². The van der Waals surface area contributed by atoms with Gasteiger partial charge < -0.3 is 10.1 Å². The second kappa shape index (κ2) is 7.02. The lowest BCUT2D eigenvalue weighted by Crippen LogP contribution is -2.06. The summed E-state index contributed by atoms with van der Waals surface area (Å²) in [5.74, 6) is 1.05. The molecule has 0 unspecified atom stereocenters. The van der Waals surface area contributed by atoms with Crippen molar-refractivity contribution in [2.45, 2.75) is 6.54 Å². The van der Waals surface area contributed by atoms with Gasteiger partial charge in [0, 0.05) is 22.6 Å². The van der Waals surface area contributed by atoms with Crippen molar-refractivity contribution in [2.24, 2.45) is 0 Å². The number of ether oxygens (including phenoxy) is 1. The van der Waals surface area contributed by atoms with Gasteiger partial charge in [-0.15, -0.1) is 0 Å². The second-order valence-electron chi connectivity index (χ2n) is 4.23. The van der Waals surface area contributed by atoms with Gasteiger partial charge in [-0.25, -0.2) is 0 Å². The smallest absolute Gasteiger partial charge is 0.287 e. The average Bonchev–Trinajstić information content (AvgIpc) is 2.44. The minimum Gasteiger partial charge on any atom is -0.456 e. The van der Waals surface area contributed by atoms with Crippen molar-refractivity contribution in [3.8, 4) is 11.5 Å². The van der Waals surface area contributed by atoms with Crippen LogP contribution < -0.4 is 10.1 Å². The number of rotatable bonds is 5. The van der Waals surface area contributed by atoms with Gasteiger partial charge in [0.2, 0.25) is 0 Å².